The minimum absolute atomic E-state index is 0. The van der Waals surface area contributed by atoms with Crippen LogP contribution >= 0.6 is 13.5 Å². The number of carbonyl (C=O) groups is 2. The van der Waals surface area contributed by atoms with Crippen molar-refractivity contribution < 1.29 is 19.2 Å². The number of carbonyl (C=O) groups excluding carboxylic acids is 2. The van der Waals surface area contributed by atoms with Gasteiger partial charge in [0.2, 0.25) is 5.91 Å². The maximum absolute atomic E-state index is 13.8. The maximum atomic E-state index is 13.8. The Morgan fingerprint density at radius 2 is 1.96 bits per heavy atom. The van der Waals surface area contributed by atoms with Crippen LogP contribution in [0.25, 0.3) is 0 Å². The Bertz CT molecular complexity index is 929. The van der Waals surface area contributed by atoms with Crippen molar-refractivity contribution in [1.29, 1.82) is 0 Å². The Hall–Kier alpha value is -2.38. The van der Waals surface area contributed by atoms with Crippen molar-refractivity contribution in [2.24, 2.45) is 5.41 Å². The van der Waals surface area contributed by atoms with Crippen molar-refractivity contribution in [3.63, 3.8) is 0 Å². The van der Waals surface area contributed by atoms with Crippen molar-refractivity contribution >= 4 is 31.0 Å². The highest BCUT2D eigenvalue weighted by atomic mass is 32.1. The zero-order valence-corrected chi connectivity index (χ0v) is 16.6. The average molecular weight is 402 g/mol. The normalized spacial score (nSPS) is 20.7. The minimum atomic E-state index is -0.539. The molecule has 1 fully saturated rings. The van der Waals surface area contributed by atoms with Gasteiger partial charge in [0.05, 0.1) is 5.41 Å². The molecule has 1 spiro atoms. The fraction of sp³-hybridized carbons (Fsp3) is 0.333. The van der Waals surface area contributed by atoms with Gasteiger partial charge in [-0.25, -0.2) is 9.87 Å². The number of halogens is 1. The van der Waals surface area contributed by atoms with E-state index >= 15 is 0 Å². The van der Waals surface area contributed by atoms with Crippen LogP contribution in [0.1, 0.15) is 39.9 Å². The second-order valence-corrected chi connectivity index (χ2v) is 7.58. The summed E-state index contributed by atoms with van der Waals surface area (Å²) in [5.41, 5.74) is 5.09. The molecule has 2 aliphatic rings. The van der Waals surface area contributed by atoms with E-state index in [4.69, 9.17) is 5.21 Å². The van der Waals surface area contributed by atoms with Gasteiger partial charge < -0.3 is 4.90 Å². The Balaban J connectivity index is 0.00000225. The smallest absolute Gasteiger partial charge is 0.274 e. The van der Waals surface area contributed by atoms with E-state index in [1.54, 1.807) is 22.5 Å². The number of nitrogens with one attached hydrogen (secondary N) is 1. The lowest BCUT2D eigenvalue weighted by atomic mass is 9.70. The third-order valence-corrected chi connectivity index (χ3v) is 5.82. The summed E-state index contributed by atoms with van der Waals surface area (Å²) in [7, 11) is 0. The summed E-state index contributed by atoms with van der Waals surface area (Å²) < 4.78 is 13.8. The van der Waals surface area contributed by atoms with Crippen LogP contribution in [0.3, 0.4) is 0 Å². The lowest BCUT2D eigenvalue weighted by Crippen LogP contribution is -2.39. The molecule has 28 heavy (non-hydrogen) atoms. The van der Waals surface area contributed by atoms with E-state index in [0.717, 1.165) is 23.1 Å². The number of anilines is 1. The largest absolute Gasteiger partial charge is 0.312 e. The highest BCUT2D eigenvalue weighted by Crippen LogP contribution is 2.45. The van der Waals surface area contributed by atoms with Crippen molar-refractivity contribution in [3.05, 3.63) is 64.5 Å². The summed E-state index contributed by atoms with van der Waals surface area (Å²) in [4.78, 5) is 26.5. The molecule has 5 nitrogen and oxygen atoms in total. The quantitative estimate of drug-likeness (QED) is 0.598. The van der Waals surface area contributed by atoms with Gasteiger partial charge in [0.1, 0.15) is 5.82 Å². The summed E-state index contributed by atoms with van der Waals surface area (Å²) >= 11 is 0. The van der Waals surface area contributed by atoms with Gasteiger partial charge in [-0.3, -0.25) is 14.8 Å². The first kappa shape index (κ1) is 20.4. The number of nitrogens with zero attached hydrogens (tertiary/aromatic N) is 1. The predicted molar refractivity (Wildman–Crippen MR) is 109 cm³/mol. The second kappa shape index (κ2) is 7.56. The van der Waals surface area contributed by atoms with Crippen LogP contribution in [0.2, 0.25) is 0 Å². The van der Waals surface area contributed by atoms with Crippen LogP contribution in [0.4, 0.5) is 10.1 Å². The Morgan fingerprint density at radius 3 is 2.68 bits per heavy atom. The van der Waals surface area contributed by atoms with Gasteiger partial charge >= 0.3 is 0 Å². The van der Waals surface area contributed by atoms with Gasteiger partial charge in [-0.15, -0.1) is 0 Å². The van der Waals surface area contributed by atoms with Gasteiger partial charge in [-0.1, -0.05) is 6.07 Å². The SMILES string of the molecule is Cc1cc(F)cc(N2CC[C@@]3(CCc4cc(C(=O)NO)ccc4C3)C2=O)c1.S. The lowest BCUT2D eigenvalue weighted by Gasteiger charge is -2.33. The van der Waals surface area contributed by atoms with Crippen LogP contribution in [0, 0.1) is 18.2 Å². The fourth-order valence-electron chi connectivity index (χ4n) is 4.40. The number of benzene rings is 2. The molecule has 2 N–H and O–H groups in total. The molecule has 1 aliphatic carbocycles. The number of amides is 2. The summed E-state index contributed by atoms with van der Waals surface area (Å²) in [6.45, 7) is 2.40. The number of hydroxylamine groups is 1. The Kier molecular flexibility index (Phi) is 5.50. The third-order valence-electron chi connectivity index (χ3n) is 5.82. The van der Waals surface area contributed by atoms with E-state index in [1.165, 1.54) is 12.1 Å². The zero-order chi connectivity index (χ0) is 19.2. The number of hydrogen-bond donors (Lipinski definition) is 2. The topological polar surface area (TPSA) is 69.6 Å². The summed E-state index contributed by atoms with van der Waals surface area (Å²) in [6.07, 6.45) is 2.75. The van der Waals surface area contributed by atoms with Gasteiger partial charge in [0.15, 0.2) is 0 Å². The molecule has 1 atom stereocenters. The van der Waals surface area contributed by atoms with Crippen LogP contribution in [0.5, 0.6) is 0 Å². The highest BCUT2D eigenvalue weighted by Gasteiger charge is 2.48. The molecule has 0 unspecified atom stereocenters. The van der Waals surface area contributed by atoms with E-state index in [2.05, 4.69) is 0 Å². The van der Waals surface area contributed by atoms with Crippen LogP contribution < -0.4 is 10.4 Å². The molecule has 0 saturated carbocycles. The van der Waals surface area contributed by atoms with E-state index in [-0.39, 0.29) is 25.2 Å². The summed E-state index contributed by atoms with van der Waals surface area (Å²) in [5.74, 6) is -0.819. The van der Waals surface area contributed by atoms with E-state index < -0.39 is 11.3 Å². The summed E-state index contributed by atoms with van der Waals surface area (Å²) in [5, 5.41) is 8.79. The molecule has 1 heterocycles. The van der Waals surface area contributed by atoms with Crippen LogP contribution in [-0.2, 0) is 17.6 Å². The monoisotopic (exact) mass is 402 g/mol. The molecule has 7 heteroatoms. The molecule has 2 aromatic carbocycles. The van der Waals surface area contributed by atoms with Crippen LogP contribution in [-0.4, -0.2) is 23.6 Å². The van der Waals surface area contributed by atoms with Crippen LogP contribution in [0.15, 0.2) is 36.4 Å². The summed E-state index contributed by atoms with van der Waals surface area (Å²) in [6, 6.07) is 10.0. The fourth-order valence-corrected chi connectivity index (χ4v) is 4.40. The molecule has 1 saturated heterocycles. The first-order chi connectivity index (χ1) is 12.9. The lowest BCUT2D eigenvalue weighted by molar-refractivity contribution is -0.126. The zero-order valence-electron chi connectivity index (χ0n) is 15.6. The average Bonchev–Trinajstić information content (AvgIpc) is 2.96. The van der Waals surface area contributed by atoms with Gasteiger partial charge in [-0.2, -0.15) is 13.5 Å². The molecule has 148 valence electrons. The van der Waals surface area contributed by atoms with E-state index in [1.807, 2.05) is 19.1 Å². The molecular weight excluding hydrogens is 379 g/mol. The van der Waals surface area contributed by atoms with Crippen molar-refractivity contribution in [3.8, 4) is 0 Å². The van der Waals surface area contributed by atoms with Gasteiger partial charge in [-0.05, 0) is 79.6 Å². The van der Waals surface area contributed by atoms with Crippen molar-refractivity contribution in [2.45, 2.75) is 32.6 Å². The molecule has 2 aromatic rings. The first-order valence-electron chi connectivity index (χ1n) is 9.07. The van der Waals surface area contributed by atoms with E-state index in [0.29, 0.717) is 37.1 Å². The van der Waals surface area contributed by atoms with Crippen molar-refractivity contribution in [2.75, 3.05) is 11.4 Å². The molecular formula is C21H23FN2O3S. The number of rotatable bonds is 2. The number of fused-ring (bicyclic) bond motifs is 1. The maximum Gasteiger partial charge on any atom is 0.274 e. The molecule has 1 aliphatic heterocycles. The Morgan fingerprint density at radius 1 is 1.18 bits per heavy atom. The molecule has 0 aromatic heterocycles. The minimum Gasteiger partial charge on any atom is -0.312 e. The standard InChI is InChI=1S/C21H21FN2O3.H2S/c1-13-8-17(22)11-18(9-13)24-7-6-21(20(24)26)5-4-14-10-15(19(25)23-27)2-3-16(14)12-21;/h2-3,8-11,27H,4-7,12H2,1H3,(H,23,25);1H2/t21-;/m1./s1. The molecule has 0 radical (unpaired) electrons. The van der Waals surface area contributed by atoms with Gasteiger partial charge in [0, 0.05) is 17.8 Å². The molecule has 4 rings (SSSR count). The molecule has 2 amide bonds. The first-order valence-corrected chi connectivity index (χ1v) is 9.07. The molecule has 0 bridgehead atoms. The Labute approximate surface area is 170 Å². The number of hydrogen-bond acceptors (Lipinski definition) is 3. The third kappa shape index (κ3) is 3.40. The predicted octanol–water partition coefficient (Wildman–Crippen LogP) is 3.28. The highest BCUT2D eigenvalue weighted by molar-refractivity contribution is 7.59. The second-order valence-electron chi connectivity index (χ2n) is 7.58. The van der Waals surface area contributed by atoms with E-state index in [9.17, 15) is 14.0 Å². The van der Waals surface area contributed by atoms with Crippen molar-refractivity contribution in [1.82, 2.24) is 5.48 Å². The number of aryl methyl sites for hydroxylation is 2. The van der Waals surface area contributed by atoms with Gasteiger partial charge in [0.25, 0.3) is 5.91 Å².